The molecule has 0 spiro atoms. The summed E-state index contributed by atoms with van der Waals surface area (Å²) in [7, 11) is 0. The number of aromatic nitrogens is 2. The van der Waals surface area contributed by atoms with E-state index >= 15 is 0 Å². The fourth-order valence-corrected chi connectivity index (χ4v) is 1.22. The summed E-state index contributed by atoms with van der Waals surface area (Å²) in [5.41, 5.74) is 1.45. The van der Waals surface area contributed by atoms with Crippen LogP contribution in [0.5, 0.6) is 0 Å². The molecule has 0 N–H and O–H groups in total. The third kappa shape index (κ3) is 2.65. The normalized spacial score (nSPS) is 9.33. The van der Waals surface area contributed by atoms with Crippen molar-refractivity contribution < 1.29 is 4.39 Å². The van der Waals surface area contributed by atoms with Gasteiger partial charge in [0.15, 0.2) is 0 Å². The quantitative estimate of drug-likeness (QED) is 0.699. The van der Waals surface area contributed by atoms with Gasteiger partial charge in [0.05, 0.1) is 12.0 Å². The van der Waals surface area contributed by atoms with E-state index in [1.165, 1.54) is 6.07 Å². The van der Waals surface area contributed by atoms with Crippen LogP contribution in [0, 0.1) is 12.7 Å². The fourth-order valence-electron chi connectivity index (χ4n) is 1.22. The first-order valence-electron chi connectivity index (χ1n) is 5.02. The molecule has 0 radical (unpaired) electrons. The third-order valence-electron chi connectivity index (χ3n) is 1.89. The Hall–Kier alpha value is -1.64. The molecule has 0 amide bonds. The standard InChI is InChI=1S/C10H9FN2.C2H6/c1-8-2-3-10(9(11)6-8)13-5-4-12-7-13;1-2/h2-7H,1H3;1-2H3. The Kier molecular flexibility index (Phi) is 4.03. The second-order valence-corrected chi connectivity index (χ2v) is 2.92. The largest absolute Gasteiger partial charge is 0.303 e. The molecule has 3 heteroatoms. The number of aryl methyl sites for hydroxylation is 1. The molecule has 15 heavy (non-hydrogen) atoms. The summed E-state index contributed by atoms with van der Waals surface area (Å²) in [6, 6.07) is 5.13. The maximum absolute atomic E-state index is 13.4. The van der Waals surface area contributed by atoms with Crippen molar-refractivity contribution in [2.24, 2.45) is 0 Å². The van der Waals surface area contributed by atoms with Crippen LogP contribution < -0.4 is 0 Å². The SMILES string of the molecule is CC.Cc1ccc(-n2ccnc2)c(F)c1. The van der Waals surface area contributed by atoms with Gasteiger partial charge >= 0.3 is 0 Å². The molecular weight excluding hydrogens is 191 g/mol. The minimum absolute atomic E-state index is 0.224. The predicted octanol–water partition coefficient (Wildman–Crippen LogP) is 3.35. The number of halogens is 1. The third-order valence-corrected chi connectivity index (χ3v) is 1.89. The van der Waals surface area contributed by atoms with Crippen LogP contribution in [0.15, 0.2) is 36.9 Å². The van der Waals surface area contributed by atoms with Crippen LogP contribution in [0.1, 0.15) is 19.4 Å². The molecule has 0 atom stereocenters. The first-order valence-corrected chi connectivity index (χ1v) is 5.02. The highest BCUT2D eigenvalue weighted by Crippen LogP contribution is 2.13. The molecule has 0 unspecified atom stereocenters. The first-order chi connectivity index (χ1) is 7.27. The fraction of sp³-hybridized carbons (Fsp3) is 0.250. The van der Waals surface area contributed by atoms with Crippen molar-refractivity contribution >= 4 is 0 Å². The minimum Gasteiger partial charge on any atom is -0.303 e. The molecule has 0 aliphatic carbocycles. The number of imidazole rings is 1. The summed E-state index contributed by atoms with van der Waals surface area (Å²) in [5, 5.41) is 0. The summed E-state index contributed by atoms with van der Waals surface area (Å²) < 4.78 is 15.0. The lowest BCUT2D eigenvalue weighted by Crippen LogP contribution is -1.94. The zero-order chi connectivity index (χ0) is 11.3. The maximum Gasteiger partial charge on any atom is 0.147 e. The minimum atomic E-state index is -0.224. The molecule has 0 fully saturated rings. The van der Waals surface area contributed by atoms with Gasteiger partial charge in [0.2, 0.25) is 0 Å². The van der Waals surface area contributed by atoms with E-state index in [2.05, 4.69) is 4.98 Å². The van der Waals surface area contributed by atoms with Gasteiger partial charge in [-0.15, -0.1) is 0 Å². The van der Waals surface area contributed by atoms with E-state index in [-0.39, 0.29) is 5.82 Å². The molecule has 80 valence electrons. The molecular formula is C12H15FN2. The van der Waals surface area contributed by atoms with Crippen molar-refractivity contribution in [3.05, 3.63) is 48.3 Å². The topological polar surface area (TPSA) is 17.8 Å². The van der Waals surface area contributed by atoms with Gasteiger partial charge in [-0.25, -0.2) is 9.37 Å². The van der Waals surface area contributed by atoms with Crippen molar-refractivity contribution in [3.63, 3.8) is 0 Å². The van der Waals surface area contributed by atoms with Gasteiger partial charge in [-0.05, 0) is 24.6 Å². The number of benzene rings is 1. The molecule has 0 aliphatic rings. The van der Waals surface area contributed by atoms with Gasteiger partial charge in [0.25, 0.3) is 0 Å². The summed E-state index contributed by atoms with van der Waals surface area (Å²) in [5.74, 6) is -0.224. The summed E-state index contributed by atoms with van der Waals surface area (Å²) in [6.45, 7) is 5.86. The van der Waals surface area contributed by atoms with Crippen LogP contribution in [0.25, 0.3) is 5.69 Å². The highest BCUT2D eigenvalue weighted by atomic mass is 19.1. The molecule has 0 aliphatic heterocycles. The Balaban J connectivity index is 0.000000531. The molecule has 2 aromatic rings. The number of hydrogen-bond donors (Lipinski definition) is 0. The van der Waals surface area contributed by atoms with Crippen LogP contribution in [-0.4, -0.2) is 9.55 Å². The lowest BCUT2D eigenvalue weighted by atomic mass is 10.2. The van der Waals surface area contributed by atoms with E-state index in [4.69, 9.17) is 0 Å². The van der Waals surface area contributed by atoms with Crippen LogP contribution in [0.3, 0.4) is 0 Å². The summed E-state index contributed by atoms with van der Waals surface area (Å²) >= 11 is 0. The van der Waals surface area contributed by atoms with E-state index < -0.39 is 0 Å². The van der Waals surface area contributed by atoms with E-state index in [1.807, 2.05) is 26.8 Å². The van der Waals surface area contributed by atoms with Gasteiger partial charge in [0, 0.05) is 12.4 Å². The van der Waals surface area contributed by atoms with Crippen molar-refractivity contribution in [1.82, 2.24) is 9.55 Å². The lowest BCUT2D eigenvalue weighted by molar-refractivity contribution is 0.617. The Morgan fingerprint density at radius 1 is 1.27 bits per heavy atom. The zero-order valence-electron chi connectivity index (χ0n) is 9.24. The molecule has 1 aromatic heterocycles. The Morgan fingerprint density at radius 3 is 2.53 bits per heavy atom. The lowest BCUT2D eigenvalue weighted by Gasteiger charge is -2.03. The van der Waals surface area contributed by atoms with Crippen LogP contribution in [-0.2, 0) is 0 Å². The molecule has 0 bridgehead atoms. The van der Waals surface area contributed by atoms with Gasteiger partial charge < -0.3 is 4.57 Å². The van der Waals surface area contributed by atoms with Gasteiger partial charge in [0.1, 0.15) is 5.82 Å². The Labute approximate surface area is 89.4 Å². The molecule has 2 nitrogen and oxygen atoms in total. The smallest absolute Gasteiger partial charge is 0.147 e. The number of hydrogen-bond acceptors (Lipinski definition) is 1. The number of rotatable bonds is 1. The van der Waals surface area contributed by atoms with Gasteiger partial charge in [-0.2, -0.15) is 0 Å². The average molecular weight is 206 g/mol. The van der Waals surface area contributed by atoms with E-state index in [0.29, 0.717) is 5.69 Å². The first kappa shape index (κ1) is 11.4. The van der Waals surface area contributed by atoms with Crippen molar-refractivity contribution in [1.29, 1.82) is 0 Å². The monoisotopic (exact) mass is 206 g/mol. The summed E-state index contributed by atoms with van der Waals surface area (Å²) in [4.78, 5) is 3.86. The van der Waals surface area contributed by atoms with Crippen LogP contribution >= 0.6 is 0 Å². The maximum atomic E-state index is 13.4. The molecule has 1 heterocycles. The predicted molar refractivity (Wildman–Crippen MR) is 59.6 cm³/mol. The second kappa shape index (κ2) is 5.29. The van der Waals surface area contributed by atoms with E-state index in [1.54, 1.807) is 29.4 Å². The highest BCUT2D eigenvalue weighted by Gasteiger charge is 2.02. The van der Waals surface area contributed by atoms with E-state index in [0.717, 1.165) is 5.56 Å². The molecule has 0 saturated heterocycles. The Bertz CT molecular complexity index is 408. The Morgan fingerprint density at radius 2 is 2.00 bits per heavy atom. The van der Waals surface area contributed by atoms with Crippen LogP contribution in [0.4, 0.5) is 4.39 Å². The molecule has 0 saturated carbocycles. The van der Waals surface area contributed by atoms with Crippen molar-refractivity contribution in [2.45, 2.75) is 20.8 Å². The average Bonchev–Trinajstić information content (AvgIpc) is 2.74. The van der Waals surface area contributed by atoms with Crippen molar-refractivity contribution in [3.8, 4) is 5.69 Å². The van der Waals surface area contributed by atoms with Crippen LogP contribution in [0.2, 0.25) is 0 Å². The van der Waals surface area contributed by atoms with Gasteiger partial charge in [-0.3, -0.25) is 0 Å². The summed E-state index contributed by atoms with van der Waals surface area (Å²) in [6.07, 6.45) is 4.92. The van der Waals surface area contributed by atoms with Crippen molar-refractivity contribution in [2.75, 3.05) is 0 Å². The molecule has 1 aromatic carbocycles. The van der Waals surface area contributed by atoms with Gasteiger partial charge in [-0.1, -0.05) is 19.9 Å². The highest BCUT2D eigenvalue weighted by molar-refractivity contribution is 5.35. The number of nitrogens with zero attached hydrogens (tertiary/aromatic N) is 2. The van der Waals surface area contributed by atoms with E-state index in [9.17, 15) is 4.39 Å². The second-order valence-electron chi connectivity index (χ2n) is 2.92. The molecule has 2 rings (SSSR count). The zero-order valence-corrected chi connectivity index (χ0v) is 9.24.